The fraction of sp³-hybridized carbons (Fsp3) is 0.273. The monoisotopic (exact) mass is 461 g/mol. The SMILES string of the molecule is CCOc1cc([C@@H]2NC(=O)NC(C)=C2C(=O)Nc2cc(OC)c(Cl)cc2OC)ccc1O. The normalized spacial score (nSPS) is 15.5. The van der Waals surface area contributed by atoms with E-state index in [0.717, 1.165) is 0 Å². The fourth-order valence-electron chi connectivity index (χ4n) is 3.37. The van der Waals surface area contributed by atoms with Gasteiger partial charge < -0.3 is 35.3 Å². The van der Waals surface area contributed by atoms with Crippen molar-refractivity contribution in [3.63, 3.8) is 0 Å². The van der Waals surface area contributed by atoms with E-state index in [0.29, 0.717) is 40.1 Å². The Morgan fingerprint density at radius 2 is 1.88 bits per heavy atom. The first kappa shape index (κ1) is 23.1. The number of nitrogens with one attached hydrogen (secondary N) is 3. The molecular weight excluding hydrogens is 438 g/mol. The summed E-state index contributed by atoms with van der Waals surface area (Å²) in [5.74, 6) is 0.434. The lowest BCUT2D eigenvalue weighted by molar-refractivity contribution is -0.113. The number of carbonyl (C=O) groups excluding carboxylic acids is 2. The molecule has 3 amide bonds. The summed E-state index contributed by atoms with van der Waals surface area (Å²) in [5, 5.41) is 18.5. The molecule has 1 heterocycles. The van der Waals surface area contributed by atoms with Crippen molar-refractivity contribution in [2.45, 2.75) is 19.9 Å². The summed E-state index contributed by atoms with van der Waals surface area (Å²) in [6, 6.07) is 6.48. The van der Waals surface area contributed by atoms with Gasteiger partial charge >= 0.3 is 6.03 Å². The molecule has 0 saturated heterocycles. The summed E-state index contributed by atoms with van der Waals surface area (Å²) < 4.78 is 16.0. The highest BCUT2D eigenvalue weighted by atomic mass is 35.5. The van der Waals surface area contributed by atoms with E-state index in [1.54, 1.807) is 32.0 Å². The van der Waals surface area contributed by atoms with Crippen LogP contribution >= 0.6 is 11.6 Å². The quantitative estimate of drug-likeness (QED) is 0.499. The highest BCUT2D eigenvalue weighted by molar-refractivity contribution is 6.32. The van der Waals surface area contributed by atoms with E-state index in [-0.39, 0.29) is 17.1 Å². The maximum atomic E-state index is 13.3. The Balaban J connectivity index is 2.01. The molecule has 1 aliphatic heterocycles. The van der Waals surface area contributed by atoms with Crippen LogP contribution in [-0.4, -0.2) is 37.9 Å². The van der Waals surface area contributed by atoms with Crippen molar-refractivity contribution < 1.29 is 28.9 Å². The first-order valence-corrected chi connectivity index (χ1v) is 10.1. The molecule has 0 spiro atoms. The highest BCUT2D eigenvalue weighted by Gasteiger charge is 2.32. The number of methoxy groups -OCH3 is 2. The van der Waals surface area contributed by atoms with Gasteiger partial charge in [-0.2, -0.15) is 0 Å². The molecule has 3 rings (SSSR count). The highest BCUT2D eigenvalue weighted by Crippen LogP contribution is 2.38. The second-order valence-electron chi connectivity index (χ2n) is 6.87. The van der Waals surface area contributed by atoms with Gasteiger partial charge in [0, 0.05) is 17.8 Å². The predicted octanol–water partition coefficient (Wildman–Crippen LogP) is 3.73. The van der Waals surface area contributed by atoms with Gasteiger partial charge in [0.15, 0.2) is 11.5 Å². The van der Waals surface area contributed by atoms with Crippen molar-refractivity contribution in [1.29, 1.82) is 0 Å². The van der Waals surface area contributed by atoms with Crippen LogP contribution in [0.5, 0.6) is 23.0 Å². The van der Waals surface area contributed by atoms with Gasteiger partial charge in [-0.05, 0) is 31.5 Å². The van der Waals surface area contributed by atoms with Crippen molar-refractivity contribution >= 4 is 29.2 Å². The number of halogens is 1. The molecule has 0 bridgehead atoms. The van der Waals surface area contributed by atoms with E-state index in [9.17, 15) is 14.7 Å². The molecule has 1 atom stereocenters. The standard InChI is InChI=1S/C22H24ClN3O6/c1-5-32-18-8-12(6-7-15(18)27)20-19(11(2)24-22(29)26-20)21(28)25-14-10-16(30-3)13(23)9-17(14)31-4/h6-10,20,27H,5H2,1-4H3,(H,25,28)(H2,24,26,29)/t20-/m0/s1. The summed E-state index contributed by atoms with van der Waals surface area (Å²) in [5.41, 5.74) is 1.55. The Morgan fingerprint density at radius 1 is 1.16 bits per heavy atom. The van der Waals surface area contributed by atoms with Crippen molar-refractivity contribution in [1.82, 2.24) is 10.6 Å². The summed E-state index contributed by atoms with van der Waals surface area (Å²) in [6.07, 6.45) is 0. The second kappa shape index (κ2) is 9.69. The summed E-state index contributed by atoms with van der Waals surface area (Å²) in [7, 11) is 2.92. The third-order valence-corrected chi connectivity index (χ3v) is 5.15. The van der Waals surface area contributed by atoms with Crippen LogP contribution in [0.4, 0.5) is 10.5 Å². The summed E-state index contributed by atoms with van der Waals surface area (Å²) >= 11 is 6.14. The van der Waals surface area contributed by atoms with Crippen LogP contribution in [0.1, 0.15) is 25.5 Å². The van der Waals surface area contributed by atoms with E-state index in [1.807, 2.05) is 0 Å². The van der Waals surface area contributed by atoms with Gasteiger partial charge in [-0.3, -0.25) is 4.79 Å². The van der Waals surface area contributed by atoms with Crippen LogP contribution in [-0.2, 0) is 4.79 Å². The van der Waals surface area contributed by atoms with E-state index in [4.69, 9.17) is 25.8 Å². The zero-order valence-corrected chi connectivity index (χ0v) is 18.8. The number of hydrogen-bond donors (Lipinski definition) is 4. The Kier molecular flexibility index (Phi) is 6.99. The fourth-order valence-corrected chi connectivity index (χ4v) is 3.60. The number of carbonyl (C=O) groups is 2. The number of aromatic hydroxyl groups is 1. The van der Waals surface area contributed by atoms with E-state index >= 15 is 0 Å². The van der Waals surface area contributed by atoms with Crippen LogP contribution in [0.3, 0.4) is 0 Å². The van der Waals surface area contributed by atoms with Gasteiger partial charge in [0.25, 0.3) is 5.91 Å². The van der Waals surface area contributed by atoms with Crippen LogP contribution in [0.25, 0.3) is 0 Å². The molecule has 0 radical (unpaired) electrons. The van der Waals surface area contributed by atoms with Crippen LogP contribution in [0.15, 0.2) is 41.6 Å². The molecule has 4 N–H and O–H groups in total. The number of phenols is 1. The third-order valence-electron chi connectivity index (χ3n) is 4.85. The molecule has 1 aliphatic rings. The molecule has 0 aliphatic carbocycles. The van der Waals surface area contributed by atoms with Crippen molar-refractivity contribution in [3.8, 4) is 23.0 Å². The van der Waals surface area contributed by atoms with E-state index < -0.39 is 18.0 Å². The Bertz CT molecular complexity index is 1090. The largest absolute Gasteiger partial charge is 0.504 e. The number of ether oxygens (including phenoxy) is 3. The van der Waals surface area contributed by atoms with Crippen molar-refractivity contribution in [2.75, 3.05) is 26.1 Å². The van der Waals surface area contributed by atoms with Gasteiger partial charge in [-0.15, -0.1) is 0 Å². The average molecular weight is 462 g/mol. The number of urea groups is 1. The molecule has 10 heteroatoms. The first-order chi connectivity index (χ1) is 15.3. The van der Waals surface area contributed by atoms with Gasteiger partial charge in [-0.1, -0.05) is 17.7 Å². The zero-order chi connectivity index (χ0) is 23.4. The Hall–Kier alpha value is -3.59. The minimum atomic E-state index is -0.788. The number of benzene rings is 2. The number of rotatable bonds is 7. The lowest BCUT2D eigenvalue weighted by Gasteiger charge is -2.29. The molecule has 0 aromatic heterocycles. The molecule has 2 aromatic rings. The smallest absolute Gasteiger partial charge is 0.319 e. The van der Waals surface area contributed by atoms with Crippen molar-refractivity contribution in [3.05, 3.63) is 52.2 Å². The molecule has 32 heavy (non-hydrogen) atoms. The molecule has 170 valence electrons. The van der Waals surface area contributed by atoms with E-state index in [2.05, 4.69) is 16.0 Å². The minimum absolute atomic E-state index is 0.0411. The van der Waals surface area contributed by atoms with Crippen LogP contribution < -0.4 is 30.2 Å². The van der Waals surface area contributed by atoms with Crippen LogP contribution in [0, 0.1) is 0 Å². The van der Waals surface area contributed by atoms with Gasteiger partial charge in [0.1, 0.15) is 11.5 Å². The molecule has 2 aromatic carbocycles. The number of phenolic OH excluding ortho intramolecular Hbond substituents is 1. The predicted molar refractivity (Wildman–Crippen MR) is 120 cm³/mol. The number of anilines is 1. The topological polar surface area (TPSA) is 118 Å². The number of allylic oxidation sites excluding steroid dienone is 1. The molecule has 9 nitrogen and oxygen atoms in total. The first-order valence-electron chi connectivity index (χ1n) is 9.75. The van der Waals surface area contributed by atoms with Crippen molar-refractivity contribution in [2.24, 2.45) is 0 Å². The van der Waals surface area contributed by atoms with Crippen LogP contribution in [0.2, 0.25) is 5.02 Å². The number of hydrogen-bond acceptors (Lipinski definition) is 6. The van der Waals surface area contributed by atoms with Gasteiger partial charge in [-0.25, -0.2) is 4.79 Å². The maximum absolute atomic E-state index is 13.3. The molecular formula is C22H24ClN3O6. The third kappa shape index (κ3) is 4.67. The second-order valence-corrected chi connectivity index (χ2v) is 7.28. The zero-order valence-electron chi connectivity index (χ0n) is 18.0. The Labute approximate surface area is 190 Å². The lowest BCUT2D eigenvalue weighted by atomic mass is 9.94. The maximum Gasteiger partial charge on any atom is 0.319 e. The molecule has 0 fully saturated rings. The number of amides is 3. The van der Waals surface area contributed by atoms with E-state index in [1.165, 1.54) is 26.4 Å². The van der Waals surface area contributed by atoms with Gasteiger partial charge in [0.2, 0.25) is 0 Å². The summed E-state index contributed by atoms with van der Waals surface area (Å²) in [6.45, 7) is 3.76. The van der Waals surface area contributed by atoms with Gasteiger partial charge in [0.05, 0.1) is 43.2 Å². The summed E-state index contributed by atoms with van der Waals surface area (Å²) in [4.78, 5) is 25.5. The lowest BCUT2D eigenvalue weighted by Crippen LogP contribution is -2.46. The minimum Gasteiger partial charge on any atom is -0.504 e. The molecule has 0 saturated carbocycles. The average Bonchev–Trinajstić information content (AvgIpc) is 2.75. The molecule has 0 unspecified atom stereocenters. The Morgan fingerprint density at radius 3 is 2.53 bits per heavy atom.